The molecule has 112 valence electrons. The molecule has 1 N–H and O–H groups in total. The van der Waals surface area contributed by atoms with E-state index in [0.717, 1.165) is 11.3 Å². The third kappa shape index (κ3) is 3.55. The zero-order chi connectivity index (χ0) is 15.6. The van der Waals surface area contributed by atoms with Gasteiger partial charge >= 0.3 is 5.97 Å². The van der Waals surface area contributed by atoms with Gasteiger partial charge in [0.05, 0.1) is 12.0 Å². The van der Waals surface area contributed by atoms with Crippen LogP contribution < -0.4 is 4.72 Å². The predicted molar refractivity (Wildman–Crippen MR) is 82.7 cm³/mol. The van der Waals surface area contributed by atoms with Gasteiger partial charge in [0.25, 0.3) is 10.0 Å². The first-order valence-electron chi connectivity index (χ1n) is 5.80. The largest absolute Gasteiger partial charge is 0.465 e. The number of hydrogen-bond donors (Lipinski definition) is 1. The Hall–Kier alpha value is -1.57. The fraction of sp³-hybridized carbons (Fsp3) is 0.154. The molecule has 0 atom stereocenters. The van der Waals surface area contributed by atoms with Crippen molar-refractivity contribution in [1.82, 2.24) is 0 Å². The summed E-state index contributed by atoms with van der Waals surface area (Å²) in [5.41, 5.74) is 0.649. The molecule has 0 saturated carbocycles. The lowest BCUT2D eigenvalue weighted by Gasteiger charge is -2.05. The smallest absolute Gasteiger partial charge is 0.348 e. The van der Waals surface area contributed by atoms with E-state index in [0.29, 0.717) is 20.5 Å². The third-order valence-corrected chi connectivity index (χ3v) is 5.49. The van der Waals surface area contributed by atoms with E-state index in [1.54, 1.807) is 25.1 Å². The summed E-state index contributed by atoms with van der Waals surface area (Å²) in [6, 6.07) is 7.52. The summed E-state index contributed by atoms with van der Waals surface area (Å²) in [5.74, 6) is -0.495. The van der Waals surface area contributed by atoms with Gasteiger partial charge in [-0.05, 0) is 36.8 Å². The van der Waals surface area contributed by atoms with Crippen molar-refractivity contribution in [3.63, 3.8) is 0 Å². The van der Waals surface area contributed by atoms with E-state index < -0.39 is 16.0 Å². The topological polar surface area (TPSA) is 72.5 Å². The van der Waals surface area contributed by atoms with Crippen LogP contribution in [0.1, 0.15) is 15.2 Å². The van der Waals surface area contributed by atoms with Crippen molar-refractivity contribution in [2.45, 2.75) is 11.8 Å². The first-order valence-corrected chi connectivity index (χ1v) is 8.48. The molecule has 1 aromatic carbocycles. The van der Waals surface area contributed by atoms with Gasteiger partial charge in [0.15, 0.2) is 0 Å². The van der Waals surface area contributed by atoms with Gasteiger partial charge in [0.2, 0.25) is 0 Å². The number of aryl methyl sites for hydroxylation is 1. The zero-order valence-electron chi connectivity index (χ0n) is 11.2. The van der Waals surface area contributed by atoms with Crippen LogP contribution in [0, 0.1) is 6.92 Å². The molecule has 0 aliphatic carbocycles. The van der Waals surface area contributed by atoms with E-state index in [4.69, 9.17) is 11.6 Å². The van der Waals surface area contributed by atoms with E-state index in [1.807, 2.05) is 0 Å². The van der Waals surface area contributed by atoms with Crippen LogP contribution in [0.5, 0.6) is 0 Å². The molecule has 2 aromatic rings. The Labute approximate surface area is 131 Å². The molecule has 0 aliphatic heterocycles. The van der Waals surface area contributed by atoms with Crippen molar-refractivity contribution < 1.29 is 17.9 Å². The number of esters is 1. The molecular weight excluding hydrogens is 334 g/mol. The Balaban J connectivity index is 2.31. The Morgan fingerprint density at radius 1 is 1.33 bits per heavy atom. The maximum absolute atomic E-state index is 12.2. The molecule has 1 aromatic heterocycles. The van der Waals surface area contributed by atoms with Crippen LogP contribution in [0.15, 0.2) is 35.2 Å². The van der Waals surface area contributed by atoms with Crippen LogP contribution in [-0.4, -0.2) is 21.5 Å². The molecular formula is C13H12ClNO4S2. The minimum absolute atomic E-state index is 0.0562. The maximum atomic E-state index is 12.2. The number of carbonyl (C=O) groups excluding carboxylic acids is 1. The summed E-state index contributed by atoms with van der Waals surface area (Å²) >= 11 is 6.81. The molecule has 21 heavy (non-hydrogen) atoms. The zero-order valence-corrected chi connectivity index (χ0v) is 13.6. The second-order valence-corrected chi connectivity index (χ2v) is 7.35. The van der Waals surface area contributed by atoms with Gasteiger partial charge in [-0.25, -0.2) is 13.2 Å². The number of sulfonamides is 1. The fourth-order valence-electron chi connectivity index (χ4n) is 1.65. The minimum atomic E-state index is -3.75. The minimum Gasteiger partial charge on any atom is -0.465 e. The molecule has 0 saturated heterocycles. The number of carbonyl (C=O) groups is 1. The van der Waals surface area contributed by atoms with Crippen molar-refractivity contribution in [1.29, 1.82) is 0 Å². The van der Waals surface area contributed by atoms with Crippen molar-refractivity contribution >= 4 is 43.9 Å². The molecule has 0 amide bonds. The second kappa shape index (κ2) is 6.05. The number of benzene rings is 1. The van der Waals surface area contributed by atoms with Gasteiger partial charge in [-0.3, -0.25) is 4.72 Å². The number of nitrogens with one attached hydrogen (secondary N) is 1. The number of halogens is 1. The van der Waals surface area contributed by atoms with Crippen LogP contribution >= 0.6 is 22.9 Å². The van der Waals surface area contributed by atoms with Crippen LogP contribution in [0.3, 0.4) is 0 Å². The quantitative estimate of drug-likeness (QED) is 0.863. The third-order valence-electron chi connectivity index (χ3n) is 2.63. The summed E-state index contributed by atoms with van der Waals surface area (Å²) in [6.07, 6.45) is 0. The van der Waals surface area contributed by atoms with Gasteiger partial charge in [0.1, 0.15) is 9.88 Å². The normalized spacial score (nSPS) is 11.2. The lowest BCUT2D eigenvalue weighted by atomic mass is 10.3. The number of rotatable bonds is 4. The molecule has 0 unspecified atom stereocenters. The Bertz CT molecular complexity index is 783. The van der Waals surface area contributed by atoms with Gasteiger partial charge in [-0.15, -0.1) is 11.3 Å². The van der Waals surface area contributed by atoms with Crippen molar-refractivity contribution in [3.05, 3.63) is 45.8 Å². The summed E-state index contributed by atoms with van der Waals surface area (Å²) in [7, 11) is -2.47. The summed E-state index contributed by atoms with van der Waals surface area (Å²) in [4.78, 5) is 11.9. The van der Waals surface area contributed by atoms with Gasteiger partial charge in [-0.2, -0.15) is 0 Å². The summed E-state index contributed by atoms with van der Waals surface area (Å²) < 4.78 is 31.5. The first kappa shape index (κ1) is 15.8. The summed E-state index contributed by atoms with van der Waals surface area (Å²) in [6.45, 7) is 1.71. The lowest BCUT2D eigenvalue weighted by Crippen LogP contribution is -2.11. The summed E-state index contributed by atoms with van der Waals surface area (Å²) in [5, 5.41) is 0.670. The molecule has 0 fully saturated rings. The van der Waals surface area contributed by atoms with Gasteiger partial charge < -0.3 is 4.74 Å². The van der Waals surface area contributed by atoms with Gasteiger partial charge in [0, 0.05) is 5.02 Å². The van der Waals surface area contributed by atoms with E-state index in [-0.39, 0.29) is 4.90 Å². The van der Waals surface area contributed by atoms with Crippen LogP contribution in [0.4, 0.5) is 5.00 Å². The van der Waals surface area contributed by atoms with Crippen LogP contribution in [0.2, 0.25) is 5.02 Å². The van der Waals surface area contributed by atoms with E-state index in [1.165, 1.54) is 19.2 Å². The van der Waals surface area contributed by atoms with Crippen LogP contribution in [0.25, 0.3) is 0 Å². The molecule has 8 heteroatoms. The molecule has 0 spiro atoms. The Kier molecular flexibility index (Phi) is 4.55. The second-order valence-electron chi connectivity index (χ2n) is 4.18. The van der Waals surface area contributed by atoms with Crippen molar-refractivity contribution in [2.75, 3.05) is 11.8 Å². The SMILES string of the molecule is COC(=O)c1sc(NS(=O)(=O)c2cccc(Cl)c2)cc1C. The average molecular weight is 346 g/mol. The number of thiophene rings is 1. The van der Waals surface area contributed by atoms with E-state index >= 15 is 0 Å². The molecule has 0 radical (unpaired) electrons. The Morgan fingerprint density at radius 3 is 2.67 bits per heavy atom. The lowest BCUT2D eigenvalue weighted by molar-refractivity contribution is 0.0605. The van der Waals surface area contributed by atoms with Gasteiger partial charge in [-0.1, -0.05) is 17.7 Å². The van der Waals surface area contributed by atoms with E-state index in [9.17, 15) is 13.2 Å². The molecule has 2 rings (SSSR count). The fourth-order valence-corrected chi connectivity index (χ4v) is 4.23. The first-order chi connectivity index (χ1) is 9.83. The number of anilines is 1. The monoisotopic (exact) mass is 345 g/mol. The Morgan fingerprint density at radius 2 is 2.05 bits per heavy atom. The number of methoxy groups -OCH3 is 1. The number of ether oxygens (including phenoxy) is 1. The maximum Gasteiger partial charge on any atom is 0.348 e. The average Bonchev–Trinajstić information content (AvgIpc) is 2.78. The molecule has 0 aliphatic rings. The standard InChI is InChI=1S/C13H12ClNO4S2/c1-8-6-11(20-12(8)13(16)19-2)15-21(17,18)10-5-3-4-9(14)7-10/h3-7,15H,1-2H3. The van der Waals surface area contributed by atoms with Crippen LogP contribution in [-0.2, 0) is 14.8 Å². The van der Waals surface area contributed by atoms with Crippen molar-refractivity contribution in [2.24, 2.45) is 0 Å². The predicted octanol–water partition coefficient (Wildman–Crippen LogP) is 3.30. The molecule has 5 nitrogen and oxygen atoms in total. The molecule has 0 bridgehead atoms. The highest BCUT2D eigenvalue weighted by atomic mass is 35.5. The number of hydrogen-bond acceptors (Lipinski definition) is 5. The van der Waals surface area contributed by atoms with Crippen molar-refractivity contribution in [3.8, 4) is 0 Å². The highest BCUT2D eigenvalue weighted by molar-refractivity contribution is 7.93. The molecule has 1 heterocycles. The highest BCUT2D eigenvalue weighted by Gasteiger charge is 2.19. The highest BCUT2D eigenvalue weighted by Crippen LogP contribution is 2.29. The van der Waals surface area contributed by atoms with E-state index in [2.05, 4.69) is 9.46 Å².